The van der Waals surface area contributed by atoms with E-state index in [1.165, 1.54) is 0 Å². The zero-order chi connectivity index (χ0) is 22.7. The van der Waals surface area contributed by atoms with Gasteiger partial charge in [-0.1, -0.05) is 30.3 Å². The number of benzene rings is 2. The minimum atomic E-state index is -0.510. The largest absolute Gasteiger partial charge is 0.508 e. The molecular weight excluding hydrogens is 404 g/mol. The Hall–Kier alpha value is -3.67. The molecule has 1 aliphatic rings. The number of fused-ring (bicyclic) bond motifs is 2. The van der Waals surface area contributed by atoms with E-state index in [9.17, 15) is 14.7 Å². The van der Waals surface area contributed by atoms with E-state index < -0.39 is 5.97 Å². The number of esters is 1. The molecule has 3 aromatic rings. The molecule has 4 rings (SSSR count). The van der Waals surface area contributed by atoms with Crippen molar-refractivity contribution >= 4 is 34.4 Å². The Balaban J connectivity index is 1.75. The van der Waals surface area contributed by atoms with Crippen molar-refractivity contribution in [2.24, 2.45) is 0 Å². The van der Waals surface area contributed by atoms with E-state index in [0.717, 1.165) is 40.6 Å². The Morgan fingerprint density at radius 1 is 1.12 bits per heavy atom. The van der Waals surface area contributed by atoms with Gasteiger partial charge in [-0.3, -0.25) is 4.79 Å². The van der Waals surface area contributed by atoms with Gasteiger partial charge in [-0.15, -0.1) is 0 Å². The van der Waals surface area contributed by atoms with Crippen molar-refractivity contribution in [1.82, 2.24) is 10.3 Å². The number of rotatable bonds is 5. The highest BCUT2D eigenvalue weighted by molar-refractivity contribution is 6.07. The number of para-hydroxylation sites is 1. The van der Waals surface area contributed by atoms with Crippen molar-refractivity contribution in [2.75, 3.05) is 6.61 Å². The van der Waals surface area contributed by atoms with Crippen molar-refractivity contribution in [3.05, 3.63) is 70.9 Å². The van der Waals surface area contributed by atoms with Gasteiger partial charge >= 0.3 is 5.97 Å². The Labute approximate surface area is 186 Å². The average molecular weight is 431 g/mol. The molecule has 1 aromatic heterocycles. The first-order valence-electron chi connectivity index (χ1n) is 10.8. The van der Waals surface area contributed by atoms with Gasteiger partial charge < -0.3 is 15.2 Å². The van der Waals surface area contributed by atoms with Crippen molar-refractivity contribution < 1.29 is 19.4 Å². The maximum Gasteiger partial charge on any atom is 0.339 e. The fourth-order valence-corrected chi connectivity index (χ4v) is 4.05. The standard InChI is InChI=1S/C26H26N2O4/c1-16(2)27-23(30)15-32-26(31)24-20-7-3-4-9-22(20)28-25-18(6-5-8-21(24)25)14-17-10-12-19(29)13-11-17/h3-4,7,9-14,16,29H,5-6,8,15H2,1-2H3,(H,27,30). The zero-order valence-corrected chi connectivity index (χ0v) is 18.2. The van der Waals surface area contributed by atoms with E-state index in [1.54, 1.807) is 12.1 Å². The number of ether oxygens (including phenoxy) is 1. The quantitative estimate of drug-likeness (QED) is 0.582. The molecule has 0 saturated heterocycles. The number of phenolic OH excluding ortho intramolecular Hbond substituents is 1. The fourth-order valence-electron chi connectivity index (χ4n) is 4.05. The number of amides is 1. The summed E-state index contributed by atoms with van der Waals surface area (Å²) in [6.45, 7) is 3.39. The van der Waals surface area contributed by atoms with Crippen LogP contribution in [0.25, 0.3) is 22.6 Å². The molecule has 1 amide bonds. The van der Waals surface area contributed by atoms with Gasteiger partial charge in [0.1, 0.15) is 5.75 Å². The van der Waals surface area contributed by atoms with Gasteiger partial charge in [-0.25, -0.2) is 9.78 Å². The highest BCUT2D eigenvalue weighted by atomic mass is 16.5. The summed E-state index contributed by atoms with van der Waals surface area (Å²) >= 11 is 0. The van der Waals surface area contributed by atoms with E-state index >= 15 is 0 Å². The molecule has 0 aliphatic heterocycles. The number of phenols is 1. The summed E-state index contributed by atoms with van der Waals surface area (Å²) < 4.78 is 5.41. The summed E-state index contributed by atoms with van der Waals surface area (Å²) in [7, 11) is 0. The predicted molar refractivity (Wildman–Crippen MR) is 124 cm³/mol. The Bertz CT molecular complexity index is 1200. The highest BCUT2D eigenvalue weighted by Crippen LogP contribution is 2.36. The molecule has 0 fully saturated rings. The van der Waals surface area contributed by atoms with E-state index in [2.05, 4.69) is 5.32 Å². The molecule has 0 bridgehead atoms. The molecule has 2 N–H and O–H groups in total. The maximum absolute atomic E-state index is 13.1. The smallest absolute Gasteiger partial charge is 0.339 e. The summed E-state index contributed by atoms with van der Waals surface area (Å²) in [5.74, 6) is -0.620. The van der Waals surface area contributed by atoms with E-state index in [4.69, 9.17) is 9.72 Å². The summed E-state index contributed by atoms with van der Waals surface area (Å²) in [4.78, 5) is 30.0. The molecule has 32 heavy (non-hydrogen) atoms. The number of carbonyl (C=O) groups excluding carboxylic acids is 2. The zero-order valence-electron chi connectivity index (χ0n) is 18.2. The van der Waals surface area contributed by atoms with Crippen LogP contribution in [-0.4, -0.2) is 34.6 Å². The van der Waals surface area contributed by atoms with Crippen molar-refractivity contribution in [3.8, 4) is 5.75 Å². The molecule has 0 saturated carbocycles. The van der Waals surface area contributed by atoms with Gasteiger partial charge in [0.2, 0.25) is 0 Å². The van der Waals surface area contributed by atoms with Crippen LogP contribution in [0.15, 0.2) is 48.5 Å². The third-order valence-electron chi connectivity index (χ3n) is 5.39. The number of aromatic hydroxyl groups is 1. The Morgan fingerprint density at radius 3 is 2.62 bits per heavy atom. The van der Waals surface area contributed by atoms with Gasteiger partial charge in [0.15, 0.2) is 6.61 Å². The van der Waals surface area contributed by atoms with Gasteiger partial charge in [0.05, 0.1) is 16.8 Å². The van der Waals surface area contributed by atoms with Crippen LogP contribution < -0.4 is 5.32 Å². The monoisotopic (exact) mass is 430 g/mol. The molecule has 1 heterocycles. The number of pyridine rings is 1. The highest BCUT2D eigenvalue weighted by Gasteiger charge is 2.26. The number of nitrogens with zero attached hydrogens (tertiary/aromatic N) is 1. The number of hydrogen-bond acceptors (Lipinski definition) is 5. The van der Waals surface area contributed by atoms with Crippen LogP contribution in [-0.2, 0) is 16.0 Å². The average Bonchev–Trinajstić information content (AvgIpc) is 2.77. The molecule has 164 valence electrons. The number of hydrogen-bond donors (Lipinski definition) is 2. The second-order valence-electron chi connectivity index (χ2n) is 8.24. The molecule has 0 radical (unpaired) electrons. The van der Waals surface area contributed by atoms with Crippen molar-refractivity contribution in [2.45, 2.75) is 39.2 Å². The minimum Gasteiger partial charge on any atom is -0.508 e. The van der Waals surface area contributed by atoms with Crippen LogP contribution in [0.2, 0.25) is 0 Å². The summed E-state index contributed by atoms with van der Waals surface area (Å²) in [5.41, 5.74) is 4.84. The molecule has 1 aliphatic carbocycles. The van der Waals surface area contributed by atoms with Gasteiger partial charge in [0, 0.05) is 11.4 Å². The van der Waals surface area contributed by atoms with Gasteiger partial charge in [0.25, 0.3) is 5.91 Å². The number of carbonyl (C=O) groups is 2. The molecule has 0 atom stereocenters. The second kappa shape index (κ2) is 9.22. The third kappa shape index (κ3) is 4.64. The lowest BCUT2D eigenvalue weighted by Crippen LogP contribution is -2.34. The number of allylic oxidation sites excluding steroid dienone is 1. The first kappa shape index (κ1) is 21.6. The van der Waals surface area contributed by atoms with Gasteiger partial charge in [-0.2, -0.15) is 0 Å². The lowest BCUT2D eigenvalue weighted by Gasteiger charge is -2.22. The lowest BCUT2D eigenvalue weighted by molar-refractivity contribution is -0.124. The SMILES string of the molecule is CC(C)NC(=O)COC(=O)c1c2c(nc3ccccc13)C(=Cc1ccc(O)cc1)CCC2. The number of nitrogens with one attached hydrogen (secondary N) is 1. The third-order valence-corrected chi connectivity index (χ3v) is 5.39. The molecule has 6 nitrogen and oxygen atoms in total. The first-order valence-corrected chi connectivity index (χ1v) is 10.8. The molecule has 2 aromatic carbocycles. The molecule has 6 heteroatoms. The van der Waals surface area contributed by atoms with Crippen LogP contribution in [0.5, 0.6) is 5.75 Å². The normalized spacial score (nSPS) is 14.4. The topological polar surface area (TPSA) is 88.5 Å². The van der Waals surface area contributed by atoms with Crippen LogP contribution >= 0.6 is 0 Å². The van der Waals surface area contributed by atoms with Gasteiger partial charge in [-0.05, 0) is 74.1 Å². The first-order chi connectivity index (χ1) is 15.4. The Morgan fingerprint density at radius 2 is 1.88 bits per heavy atom. The number of aromatic nitrogens is 1. The molecular formula is C26H26N2O4. The van der Waals surface area contributed by atoms with E-state index in [0.29, 0.717) is 17.5 Å². The fraction of sp³-hybridized carbons (Fsp3) is 0.269. The van der Waals surface area contributed by atoms with E-state index in [-0.39, 0.29) is 24.3 Å². The van der Waals surface area contributed by atoms with Crippen LogP contribution in [0.3, 0.4) is 0 Å². The Kier molecular flexibility index (Phi) is 6.21. The second-order valence-corrected chi connectivity index (χ2v) is 8.24. The van der Waals surface area contributed by atoms with Crippen molar-refractivity contribution in [3.63, 3.8) is 0 Å². The predicted octanol–water partition coefficient (Wildman–Crippen LogP) is 4.50. The van der Waals surface area contributed by atoms with Crippen LogP contribution in [0.1, 0.15) is 53.9 Å². The van der Waals surface area contributed by atoms with Crippen molar-refractivity contribution in [1.29, 1.82) is 0 Å². The minimum absolute atomic E-state index is 0.0247. The lowest BCUT2D eigenvalue weighted by atomic mass is 9.86. The molecule has 0 spiro atoms. The molecule has 0 unspecified atom stereocenters. The van der Waals surface area contributed by atoms with Crippen LogP contribution in [0, 0.1) is 0 Å². The summed E-state index contributed by atoms with van der Waals surface area (Å²) in [6.07, 6.45) is 4.47. The van der Waals surface area contributed by atoms with Crippen LogP contribution in [0.4, 0.5) is 0 Å². The van der Waals surface area contributed by atoms with E-state index in [1.807, 2.05) is 56.3 Å². The maximum atomic E-state index is 13.1. The summed E-state index contributed by atoms with van der Waals surface area (Å²) in [6, 6.07) is 14.5. The summed E-state index contributed by atoms with van der Waals surface area (Å²) in [5, 5.41) is 13.0.